The molecule has 1 nitrogen and oxygen atoms in total. The molecule has 2 aliphatic rings. The highest BCUT2D eigenvalue weighted by Crippen LogP contribution is 2.44. The van der Waals surface area contributed by atoms with Gasteiger partial charge in [0.15, 0.2) is 0 Å². The molecule has 13 heavy (non-hydrogen) atoms. The highest BCUT2D eigenvalue weighted by atomic mass is 16.5. The first kappa shape index (κ1) is 9.51. The van der Waals surface area contributed by atoms with Crippen LogP contribution in [0.3, 0.4) is 0 Å². The third-order valence-electron chi connectivity index (χ3n) is 4.29. The van der Waals surface area contributed by atoms with Crippen molar-refractivity contribution in [2.24, 2.45) is 17.8 Å². The quantitative estimate of drug-likeness (QED) is 0.605. The Bertz CT molecular complexity index is 167. The molecule has 2 aliphatic carbocycles. The molecule has 2 saturated carbocycles. The molecular weight excluding hydrogens is 160 g/mol. The summed E-state index contributed by atoms with van der Waals surface area (Å²) in [5.41, 5.74) is 0. The van der Waals surface area contributed by atoms with Gasteiger partial charge in [-0.05, 0) is 37.0 Å². The average Bonchev–Trinajstić information content (AvgIpc) is 2.18. The number of ether oxygens (including phenoxy) is 1. The van der Waals surface area contributed by atoms with E-state index < -0.39 is 0 Å². The average molecular weight is 182 g/mol. The van der Waals surface area contributed by atoms with Crippen LogP contribution in [0.5, 0.6) is 0 Å². The molecule has 76 valence electrons. The Hall–Kier alpha value is -0.0400. The predicted octanol–water partition coefficient (Wildman–Crippen LogP) is 3.24. The van der Waals surface area contributed by atoms with E-state index in [0.717, 1.165) is 17.8 Å². The van der Waals surface area contributed by atoms with Crippen LogP contribution in [0, 0.1) is 17.8 Å². The van der Waals surface area contributed by atoms with Crippen LogP contribution in [0.4, 0.5) is 0 Å². The van der Waals surface area contributed by atoms with Gasteiger partial charge >= 0.3 is 0 Å². The lowest BCUT2D eigenvalue weighted by atomic mass is 9.65. The molecule has 3 unspecified atom stereocenters. The summed E-state index contributed by atoms with van der Waals surface area (Å²) in [5, 5.41) is 0. The molecule has 0 radical (unpaired) electrons. The van der Waals surface area contributed by atoms with Crippen molar-refractivity contribution in [2.75, 3.05) is 7.11 Å². The first-order chi connectivity index (χ1) is 6.31. The Morgan fingerprint density at radius 2 is 1.92 bits per heavy atom. The lowest BCUT2D eigenvalue weighted by Crippen LogP contribution is -2.35. The van der Waals surface area contributed by atoms with Crippen molar-refractivity contribution in [3.8, 4) is 0 Å². The van der Waals surface area contributed by atoms with Gasteiger partial charge in [0.25, 0.3) is 0 Å². The third kappa shape index (κ3) is 1.90. The summed E-state index contributed by atoms with van der Waals surface area (Å²) in [6.07, 6.45) is 9.04. The first-order valence-electron chi connectivity index (χ1n) is 5.84. The van der Waals surface area contributed by atoms with Crippen molar-refractivity contribution >= 4 is 0 Å². The maximum atomic E-state index is 5.48. The molecule has 0 aromatic carbocycles. The van der Waals surface area contributed by atoms with Gasteiger partial charge in [0.05, 0.1) is 6.10 Å². The smallest absolute Gasteiger partial charge is 0.0574 e. The summed E-state index contributed by atoms with van der Waals surface area (Å²) in [6.45, 7) is 2.45. The van der Waals surface area contributed by atoms with Crippen molar-refractivity contribution in [3.05, 3.63) is 0 Å². The van der Waals surface area contributed by atoms with Crippen LogP contribution in [0.1, 0.15) is 45.4 Å². The first-order valence-corrected chi connectivity index (χ1v) is 5.84. The van der Waals surface area contributed by atoms with Gasteiger partial charge in [0, 0.05) is 7.11 Å². The van der Waals surface area contributed by atoms with Gasteiger partial charge in [-0.1, -0.05) is 26.2 Å². The molecule has 0 aromatic heterocycles. The number of hydrogen-bond acceptors (Lipinski definition) is 1. The molecule has 4 atom stereocenters. The highest BCUT2D eigenvalue weighted by molar-refractivity contribution is 4.86. The lowest BCUT2D eigenvalue weighted by molar-refractivity contribution is -0.000502. The fourth-order valence-electron chi connectivity index (χ4n) is 3.46. The molecule has 1 heteroatoms. The molecule has 0 aromatic rings. The van der Waals surface area contributed by atoms with Crippen LogP contribution in [-0.2, 0) is 4.74 Å². The summed E-state index contributed by atoms with van der Waals surface area (Å²) < 4.78 is 5.48. The van der Waals surface area contributed by atoms with Gasteiger partial charge in [-0.25, -0.2) is 0 Å². The van der Waals surface area contributed by atoms with Gasteiger partial charge in [-0.2, -0.15) is 0 Å². The fraction of sp³-hybridized carbons (Fsp3) is 1.00. The summed E-state index contributed by atoms with van der Waals surface area (Å²) >= 11 is 0. The summed E-state index contributed by atoms with van der Waals surface area (Å²) in [4.78, 5) is 0. The summed E-state index contributed by atoms with van der Waals surface area (Å²) in [7, 11) is 1.87. The van der Waals surface area contributed by atoms with E-state index in [1.54, 1.807) is 0 Å². The van der Waals surface area contributed by atoms with Crippen LogP contribution in [-0.4, -0.2) is 13.2 Å². The van der Waals surface area contributed by atoms with E-state index in [1.165, 1.54) is 38.5 Å². The molecule has 0 spiro atoms. The highest BCUT2D eigenvalue weighted by Gasteiger charge is 2.35. The van der Waals surface area contributed by atoms with Crippen molar-refractivity contribution in [1.82, 2.24) is 0 Å². The van der Waals surface area contributed by atoms with Crippen LogP contribution < -0.4 is 0 Å². The number of fused-ring (bicyclic) bond motifs is 1. The second-order valence-electron chi connectivity index (χ2n) is 5.00. The number of methoxy groups -OCH3 is 1. The zero-order valence-corrected chi connectivity index (χ0v) is 8.96. The molecule has 0 amide bonds. The second-order valence-corrected chi connectivity index (χ2v) is 5.00. The van der Waals surface area contributed by atoms with E-state index in [1.807, 2.05) is 7.11 Å². The van der Waals surface area contributed by atoms with Crippen LogP contribution >= 0.6 is 0 Å². The second kappa shape index (κ2) is 4.00. The zero-order chi connectivity index (χ0) is 9.26. The van der Waals surface area contributed by atoms with E-state index in [4.69, 9.17) is 4.74 Å². The minimum atomic E-state index is 0.576. The van der Waals surface area contributed by atoms with E-state index >= 15 is 0 Å². The molecule has 0 aliphatic heterocycles. The van der Waals surface area contributed by atoms with Crippen molar-refractivity contribution in [1.29, 1.82) is 0 Å². The van der Waals surface area contributed by atoms with Crippen molar-refractivity contribution in [3.63, 3.8) is 0 Å². The standard InChI is InChI=1S/C12H22O/c1-9-4-3-5-10-8-11(13-2)6-7-12(9)10/h9-12H,3-8H2,1-2H3/t9?,10-,11?,12?/m1/s1. The van der Waals surface area contributed by atoms with Gasteiger partial charge in [-0.15, -0.1) is 0 Å². The van der Waals surface area contributed by atoms with Crippen LogP contribution in [0.25, 0.3) is 0 Å². The van der Waals surface area contributed by atoms with Crippen LogP contribution in [0.2, 0.25) is 0 Å². The van der Waals surface area contributed by atoms with E-state index in [-0.39, 0.29) is 0 Å². The molecule has 2 rings (SSSR count). The number of rotatable bonds is 1. The van der Waals surface area contributed by atoms with Crippen LogP contribution in [0.15, 0.2) is 0 Å². The van der Waals surface area contributed by atoms with Gasteiger partial charge in [-0.3, -0.25) is 0 Å². The maximum Gasteiger partial charge on any atom is 0.0574 e. The van der Waals surface area contributed by atoms with Crippen molar-refractivity contribution in [2.45, 2.75) is 51.6 Å². The summed E-state index contributed by atoms with van der Waals surface area (Å²) in [6, 6.07) is 0. The Balaban J connectivity index is 1.95. The van der Waals surface area contributed by atoms with E-state index in [0.29, 0.717) is 6.10 Å². The molecule has 0 saturated heterocycles. The largest absolute Gasteiger partial charge is 0.381 e. The maximum absolute atomic E-state index is 5.48. The third-order valence-corrected chi connectivity index (χ3v) is 4.29. The molecule has 0 heterocycles. The lowest BCUT2D eigenvalue weighted by Gasteiger charge is -2.42. The SMILES string of the molecule is COC1CCC2C(C)CCC[C@@H]2C1. The molecule has 0 N–H and O–H groups in total. The molecular formula is C12H22O. The fourth-order valence-corrected chi connectivity index (χ4v) is 3.46. The Morgan fingerprint density at radius 1 is 1.08 bits per heavy atom. The zero-order valence-electron chi connectivity index (χ0n) is 8.96. The molecule has 0 bridgehead atoms. The monoisotopic (exact) mass is 182 g/mol. The minimum absolute atomic E-state index is 0.576. The minimum Gasteiger partial charge on any atom is -0.381 e. The topological polar surface area (TPSA) is 9.23 Å². The van der Waals surface area contributed by atoms with Gasteiger partial charge in [0.2, 0.25) is 0 Å². The van der Waals surface area contributed by atoms with Gasteiger partial charge in [0.1, 0.15) is 0 Å². The van der Waals surface area contributed by atoms with Gasteiger partial charge < -0.3 is 4.74 Å². The molecule has 2 fully saturated rings. The normalized spacial score (nSPS) is 45.7. The Morgan fingerprint density at radius 3 is 2.69 bits per heavy atom. The number of hydrogen-bond donors (Lipinski definition) is 0. The summed E-state index contributed by atoms with van der Waals surface area (Å²) in [5.74, 6) is 3.00. The predicted molar refractivity (Wildman–Crippen MR) is 54.6 cm³/mol. The van der Waals surface area contributed by atoms with E-state index in [9.17, 15) is 0 Å². The Kier molecular flexibility index (Phi) is 2.92. The van der Waals surface area contributed by atoms with Crippen molar-refractivity contribution < 1.29 is 4.74 Å². The van der Waals surface area contributed by atoms with E-state index in [2.05, 4.69) is 6.92 Å². The Labute approximate surface area is 81.9 Å².